The second kappa shape index (κ2) is 7.81. The first kappa shape index (κ1) is 19.2. The maximum atomic E-state index is 12.0. The molecule has 1 amide bonds. The van der Waals surface area contributed by atoms with E-state index in [4.69, 9.17) is 15.7 Å². The summed E-state index contributed by atoms with van der Waals surface area (Å²) in [6.07, 6.45) is 6.24. The predicted molar refractivity (Wildman–Crippen MR) is 122 cm³/mol. The van der Waals surface area contributed by atoms with Crippen LogP contribution in [0.2, 0.25) is 0 Å². The molecule has 1 aliphatic heterocycles. The van der Waals surface area contributed by atoms with E-state index in [1.807, 2.05) is 35.9 Å². The van der Waals surface area contributed by atoms with Crippen LogP contribution in [0.25, 0.3) is 10.9 Å². The Morgan fingerprint density at radius 1 is 1.10 bits per heavy atom. The van der Waals surface area contributed by atoms with Gasteiger partial charge in [-0.25, -0.2) is 19.9 Å². The lowest BCUT2D eigenvalue weighted by Gasteiger charge is -2.28. The molecule has 2 aromatic heterocycles. The van der Waals surface area contributed by atoms with Crippen molar-refractivity contribution in [2.75, 3.05) is 0 Å². The summed E-state index contributed by atoms with van der Waals surface area (Å²) in [4.78, 5) is 35.1. The largest absolute Gasteiger partial charge is 0.366 e. The summed E-state index contributed by atoms with van der Waals surface area (Å²) in [5.74, 6) is -0.529. The van der Waals surface area contributed by atoms with Crippen molar-refractivity contribution in [1.29, 1.82) is 0 Å². The van der Waals surface area contributed by atoms with Crippen molar-refractivity contribution in [2.24, 2.45) is 15.7 Å². The standard InChI is InChI=1S/C23H18N6OS/c24-21(30)17-8-4-7-16-19(17)26-14-27-20(16)23(13-15-5-2-1-3-6-15)18(9-10-28-23)29-22-25-11-12-31-22/h1-8,10-12,14H,9,13H2,(H2,24,30). The molecule has 3 heterocycles. The number of nitrogens with two attached hydrogens (primary N) is 1. The minimum Gasteiger partial charge on any atom is -0.366 e. The smallest absolute Gasteiger partial charge is 0.250 e. The van der Waals surface area contributed by atoms with Crippen LogP contribution >= 0.6 is 11.3 Å². The Bertz CT molecular complexity index is 1320. The van der Waals surface area contributed by atoms with Crippen molar-refractivity contribution < 1.29 is 4.79 Å². The SMILES string of the molecule is NC(=O)c1cccc2c(C3(Cc4ccccc4)N=CCC3=Nc3nccs3)ncnc12. The maximum Gasteiger partial charge on any atom is 0.250 e. The van der Waals surface area contributed by atoms with E-state index >= 15 is 0 Å². The van der Waals surface area contributed by atoms with Gasteiger partial charge in [0.2, 0.25) is 5.13 Å². The van der Waals surface area contributed by atoms with Gasteiger partial charge in [-0.2, -0.15) is 0 Å². The number of amides is 1. The zero-order valence-corrected chi connectivity index (χ0v) is 17.3. The highest BCUT2D eigenvalue weighted by Gasteiger charge is 2.43. The minimum absolute atomic E-state index is 0.358. The molecule has 1 atom stereocenters. The van der Waals surface area contributed by atoms with E-state index in [9.17, 15) is 4.79 Å². The number of carbonyl (C=O) groups is 1. The molecule has 8 heteroatoms. The summed E-state index contributed by atoms with van der Waals surface area (Å²) in [7, 11) is 0. The van der Waals surface area contributed by atoms with Gasteiger partial charge in [0, 0.05) is 36.0 Å². The van der Waals surface area contributed by atoms with Gasteiger partial charge in [-0.15, -0.1) is 11.3 Å². The van der Waals surface area contributed by atoms with Gasteiger partial charge in [-0.3, -0.25) is 9.79 Å². The Balaban J connectivity index is 1.77. The van der Waals surface area contributed by atoms with Crippen LogP contribution in [0.4, 0.5) is 5.13 Å². The number of hydrogen-bond acceptors (Lipinski definition) is 7. The zero-order valence-electron chi connectivity index (χ0n) is 16.5. The molecule has 0 saturated carbocycles. The lowest BCUT2D eigenvalue weighted by molar-refractivity contribution is 0.100. The fraction of sp³-hybridized carbons (Fsp3) is 0.130. The number of primary amides is 1. The maximum absolute atomic E-state index is 12.0. The number of aliphatic imine (C=N–C) groups is 2. The van der Waals surface area contributed by atoms with E-state index in [1.165, 1.54) is 17.7 Å². The first-order valence-electron chi connectivity index (χ1n) is 9.76. The molecule has 0 saturated heterocycles. The third-order valence-corrected chi connectivity index (χ3v) is 6.01. The Morgan fingerprint density at radius 2 is 1.97 bits per heavy atom. The average Bonchev–Trinajstić information content (AvgIpc) is 3.45. The molecule has 0 spiro atoms. The molecule has 0 aliphatic carbocycles. The van der Waals surface area contributed by atoms with Crippen molar-refractivity contribution in [3.63, 3.8) is 0 Å². The summed E-state index contributed by atoms with van der Waals surface area (Å²) in [6, 6.07) is 15.5. The first-order valence-corrected chi connectivity index (χ1v) is 10.6. The Kier molecular flexibility index (Phi) is 4.83. The molecule has 1 aliphatic rings. The normalized spacial score (nSPS) is 19.3. The number of rotatable bonds is 5. The molecule has 7 nitrogen and oxygen atoms in total. The zero-order chi connectivity index (χ0) is 21.3. The molecule has 5 rings (SSSR count). The number of para-hydroxylation sites is 1. The second-order valence-electron chi connectivity index (χ2n) is 7.20. The molecule has 0 bridgehead atoms. The summed E-state index contributed by atoms with van der Waals surface area (Å²) in [5.41, 5.74) is 8.31. The van der Waals surface area contributed by atoms with Crippen LogP contribution in [0.1, 0.15) is 28.0 Å². The molecule has 31 heavy (non-hydrogen) atoms. The molecule has 2 N–H and O–H groups in total. The van der Waals surface area contributed by atoms with E-state index < -0.39 is 11.4 Å². The van der Waals surface area contributed by atoms with Gasteiger partial charge in [-0.05, 0) is 11.6 Å². The van der Waals surface area contributed by atoms with Gasteiger partial charge in [-0.1, -0.05) is 42.5 Å². The molecular formula is C23H18N6OS. The lowest BCUT2D eigenvalue weighted by atomic mass is 9.82. The van der Waals surface area contributed by atoms with E-state index in [-0.39, 0.29) is 0 Å². The van der Waals surface area contributed by atoms with Crippen molar-refractivity contribution in [1.82, 2.24) is 15.0 Å². The quantitative estimate of drug-likeness (QED) is 0.523. The topological polar surface area (TPSA) is 106 Å². The summed E-state index contributed by atoms with van der Waals surface area (Å²) in [5, 5.41) is 3.31. The number of fused-ring (bicyclic) bond motifs is 1. The number of benzene rings is 2. The summed E-state index contributed by atoms with van der Waals surface area (Å²) >= 11 is 1.47. The highest BCUT2D eigenvalue weighted by Crippen LogP contribution is 2.39. The van der Waals surface area contributed by atoms with Gasteiger partial charge in [0.25, 0.3) is 5.91 Å². The molecule has 1 unspecified atom stereocenters. The van der Waals surface area contributed by atoms with Crippen molar-refractivity contribution in [3.05, 3.63) is 83.3 Å². The molecule has 0 radical (unpaired) electrons. The number of thiazole rings is 1. The van der Waals surface area contributed by atoms with Crippen molar-refractivity contribution in [3.8, 4) is 0 Å². The van der Waals surface area contributed by atoms with Gasteiger partial charge in [0.1, 0.15) is 11.9 Å². The monoisotopic (exact) mass is 426 g/mol. The van der Waals surface area contributed by atoms with Gasteiger partial charge < -0.3 is 5.73 Å². The first-order chi connectivity index (χ1) is 15.2. The van der Waals surface area contributed by atoms with Crippen LogP contribution in [0.3, 0.4) is 0 Å². The van der Waals surface area contributed by atoms with E-state index in [0.29, 0.717) is 34.7 Å². The molecule has 152 valence electrons. The summed E-state index contributed by atoms with van der Waals surface area (Å²) < 4.78 is 0. The number of aromatic nitrogens is 3. The third-order valence-electron chi connectivity index (χ3n) is 5.35. The van der Waals surface area contributed by atoms with Crippen LogP contribution in [0.15, 0.2) is 76.4 Å². The van der Waals surface area contributed by atoms with E-state index in [0.717, 1.165) is 16.7 Å². The number of carbonyl (C=O) groups excluding carboxylic acids is 1. The van der Waals surface area contributed by atoms with Gasteiger partial charge >= 0.3 is 0 Å². The van der Waals surface area contributed by atoms with Crippen LogP contribution in [0.5, 0.6) is 0 Å². The number of nitrogens with zero attached hydrogens (tertiary/aromatic N) is 5. The highest BCUT2D eigenvalue weighted by molar-refractivity contribution is 7.13. The second-order valence-corrected chi connectivity index (χ2v) is 8.07. The van der Waals surface area contributed by atoms with Crippen molar-refractivity contribution >= 4 is 45.2 Å². The molecule has 4 aromatic rings. The van der Waals surface area contributed by atoms with Crippen LogP contribution in [0, 0.1) is 0 Å². The van der Waals surface area contributed by atoms with Crippen LogP contribution in [-0.2, 0) is 12.0 Å². The fourth-order valence-corrected chi connectivity index (χ4v) is 4.52. The summed E-state index contributed by atoms with van der Waals surface area (Å²) in [6.45, 7) is 0. The predicted octanol–water partition coefficient (Wildman–Crippen LogP) is 3.87. The molecule has 0 fully saturated rings. The molecule has 2 aromatic carbocycles. The fourth-order valence-electron chi connectivity index (χ4n) is 3.99. The van der Waals surface area contributed by atoms with Crippen molar-refractivity contribution in [2.45, 2.75) is 18.4 Å². The van der Waals surface area contributed by atoms with Gasteiger partial charge in [0.15, 0.2) is 0 Å². The van der Waals surface area contributed by atoms with Crippen LogP contribution in [-0.4, -0.2) is 32.8 Å². The lowest BCUT2D eigenvalue weighted by Crippen LogP contribution is -2.34. The minimum atomic E-state index is -0.829. The van der Waals surface area contributed by atoms with E-state index in [2.05, 4.69) is 27.1 Å². The number of hydrogen-bond donors (Lipinski definition) is 1. The Morgan fingerprint density at radius 3 is 2.74 bits per heavy atom. The third kappa shape index (κ3) is 3.40. The van der Waals surface area contributed by atoms with E-state index in [1.54, 1.807) is 18.3 Å². The Hall–Kier alpha value is -3.78. The Labute approximate surface area is 182 Å². The highest BCUT2D eigenvalue weighted by atomic mass is 32.1. The van der Waals surface area contributed by atoms with Crippen LogP contribution < -0.4 is 5.73 Å². The van der Waals surface area contributed by atoms with Gasteiger partial charge in [0.05, 0.1) is 22.5 Å². The molecular weight excluding hydrogens is 408 g/mol. The average molecular weight is 427 g/mol.